The molecule has 3 aromatic rings. The molecule has 0 aliphatic heterocycles. The van der Waals surface area contributed by atoms with Crippen molar-refractivity contribution in [1.29, 1.82) is 0 Å². The zero-order chi connectivity index (χ0) is 19.2. The van der Waals surface area contributed by atoms with Crippen molar-refractivity contribution in [3.63, 3.8) is 0 Å². The lowest BCUT2D eigenvalue weighted by molar-refractivity contribution is -0.119. The average molecular weight is 399 g/mol. The van der Waals surface area contributed by atoms with Gasteiger partial charge in [0.05, 0.1) is 16.4 Å². The van der Waals surface area contributed by atoms with Gasteiger partial charge in [0.15, 0.2) is 6.61 Å². The van der Waals surface area contributed by atoms with E-state index >= 15 is 0 Å². The van der Waals surface area contributed by atoms with Gasteiger partial charge in [-0.15, -0.1) is 11.3 Å². The van der Waals surface area contributed by atoms with Gasteiger partial charge in [-0.05, 0) is 38.1 Å². The molecule has 27 heavy (non-hydrogen) atoms. The highest BCUT2D eigenvalue weighted by Crippen LogP contribution is 2.33. The highest BCUT2D eigenvalue weighted by molar-refractivity contribution is 7.99. The Hall–Kier alpha value is -2.64. The molecule has 7 heteroatoms. The van der Waals surface area contributed by atoms with Crippen LogP contribution in [0.25, 0.3) is 0 Å². The van der Waals surface area contributed by atoms with E-state index in [0.717, 1.165) is 14.8 Å². The number of nitrogens with zero attached hydrogens (tertiary/aromatic N) is 1. The van der Waals surface area contributed by atoms with Crippen LogP contribution in [0.1, 0.15) is 20.4 Å². The van der Waals surface area contributed by atoms with Crippen LogP contribution >= 0.6 is 23.1 Å². The number of thiazole rings is 1. The van der Waals surface area contributed by atoms with Gasteiger partial charge in [-0.25, -0.2) is 9.78 Å². The molecule has 5 nitrogen and oxygen atoms in total. The number of para-hydroxylation sites is 1. The van der Waals surface area contributed by atoms with Crippen LogP contribution in [0.2, 0.25) is 0 Å². The summed E-state index contributed by atoms with van der Waals surface area (Å²) >= 11 is 2.81. The fourth-order valence-electron chi connectivity index (χ4n) is 2.38. The molecule has 0 aliphatic carbocycles. The lowest BCUT2D eigenvalue weighted by Gasteiger charge is -2.11. The van der Waals surface area contributed by atoms with Crippen molar-refractivity contribution in [1.82, 2.24) is 4.98 Å². The largest absolute Gasteiger partial charge is 0.451 e. The molecule has 0 saturated carbocycles. The van der Waals surface area contributed by atoms with Gasteiger partial charge in [0.2, 0.25) is 0 Å². The fraction of sp³-hybridized carbons (Fsp3) is 0.150. The number of carbonyl (C=O) groups is 2. The summed E-state index contributed by atoms with van der Waals surface area (Å²) in [4.78, 5) is 30.9. The minimum Gasteiger partial charge on any atom is -0.451 e. The third-order valence-electron chi connectivity index (χ3n) is 3.56. The van der Waals surface area contributed by atoms with Gasteiger partial charge < -0.3 is 10.1 Å². The van der Waals surface area contributed by atoms with Crippen molar-refractivity contribution in [3.05, 3.63) is 70.2 Å². The lowest BCUT2D eigenvalue weighted by atomic mass is 10.3. The number of aromatic nitrogens is 1. The first-order valence-corrected chi connectivity index (χ1v) is 9.89. The summed E-state index contributed by atoms with van der Waals surface area (Å²) in [7, 11) is 0. The number of rotatable bonds is 6. The predicted molar refractivity (Wildman–Crippen MR) is 108 cm³/mol. The molecule has 0 unspecified atom stereocenters. The number of carbonyl (C=O) groups excluding carboxylic acids is 2. The van der Waals surface area contributed by atoms with Crippen molar-refractivity contribution < 1.29 is 14.3 Å². The number of benzene rings is 2. The maximum absolute atomic E-state index is 12.2. The molecular weight excluding hydrogens is 380 g/mol. The normalized spacial score (nSPS) is 10.4. The Morgan fingerprint density at radius 2 is 1.78 bits per heavy atom. The Morgan fingerprint density at radius 3 is 2.48 bits per heavy atom. The van der Waals surface area contributed by atoms with Crippen molar-refractivity contribution in [2.24, 2.45) is 0 Å². The highest BCUT2D eigenvalue weighted by atomic mass is 32.2. The van der Waals surface area contributed by atoms with Crippen LogP contribution in [-0.4, -0.2) is 23.5 Å². The van der Waals surface area contributed by atoms with Crippen LogP contribution in [0.3, 0.4) is 0 Å². The van der Waals surface area contributed by atoms with Crippen LogP contribution in [0.15, 0.2) is 64.4 Å². The maximum Gasteiger partial charge on any atom is 0.350 e. The molecule has 2 aromatic carbocycles. The third-order valence-corrected chi connectivity index (χ3v) is 5.69. The zero-order valence-electron chi connectivity index (χ0n) is 14.9. The number of aryl methyl sites for hydroxylation is 2. The molecule has 1 heterocycles. The molecule has 1 aromatic heterocycles. The first-order chi connectivity index (χ1) is 13.0. The molecule has 0 fully saturated rings. The number of esters is 1. The molecule has 1 amide bonds. The summed E-state index contributed by atoms with van der Waals surface area (Å²) < 4.78 is 5.13. The van der Waals surface area contributed by atoms with Crippen molar-refractivity contribution in [2.45, 2.75) is 23.6 Å². The molecule has 0 saturated heterocycles. The van der Waals surface area contributed by atoms with Gasteiger partial charge in [0.1, 0.15) is 4.88 Å². The molecule has 3 rings (SSSR count). The van der Waals surface area contributed by atoms with E-state index in [9.17, 15) is 9.59 Å². The maximum atomic E-state index is 12.2. The van der Waals surface area contributed by atoms with E-state index in [1.165, 1.54) is 11.3 Å². The Bertz CT molecular complexity index is 955. The number of ether oxygens (including phenoxy) is 1. The summed E-state index contributed by atoms with van der Waals surface area (Å²) in [6.07, 6.45) is 0. The molecule has 0 atom stereocenters. The van der Waals surface area contributed by atoms with Gasteiger partial charge in [-0.3, -0.25) is 4.79 Å². The van der Waals surface area contributed by atoms with Crippen molar-refractivity contribution in [3.8, 4) is 0 Å². The van der Waals surface area contributed by atoms with E-state index in [2.05, 4.69) is 10.3 Å². The monoisotopic (exact) mass is 398 g/mol. The van der Waals surface area contributed by atoms with Crippen LogP contribution in [0, 0.1) is 13.8 Å². The third kappa shape index (κ3) is 5.18. The van der Waals surface area contributed by atoms with Crippen LogP contribution in [-0.2, 0) is 9.53 Å². The van der Waals surface area contributed by atoms with Crippen molar-refractivity contribution in [2.75, 3.05) is 11.9 Å². The second-order valence-corrected chi connectivity index (χ2v) is 8.00. The Morgan fingerprint density at radius 1 is 1.07 bits per heavy atom. The SMILES string of the molecule is Cc1nc(C)c(C(=O)OCC(=O)Nc2ccccc2Sc2ccccc2)s1. The number of anilines is 1. The predicted octanol–water partition coefficient (Wildman–Crippen LogP) is 4.71. The second-order valence-electron chi connectivity index (χ2n) is 5.68. The lowest BCUT2D eigenvalue weighted by Crippen LogP contribution is -2.21. The molecular formula is C20H18N2O3S2. The first-order valence-electron chi connectivity index (χ1n) is 8.26. The summed E-state index contributed by atoms with van der Waals surface area (Å²) in [5.74, 6) is -0.913. The molecule has 1 N–H and O–H groups in total. The van der Waals surface area contributed by atoms with Gasteiger partial charge in [-0.2, -0.15) is 0 Å². The average Bonchev–Trinajstić information content (AvgIpc) is 3.00. The molecule has 138 valence electrons. The Labute approximate surface area is 165 Å². The molecule has 0 aliphatic rings. The summed E-state index contributed by atoms with van der Waals surface area (Å²) in [5, 5.41) is 3.60. The summed E-state index contributed by atoms with van der Waals surface area (Å²) in [6, 6.07) is 17.4. The number of hydrogen-bond donors (Lipinski definition) is 1. The number of amides is 1. The minimum atomic E-state index is -0.528. The molecule has 0 bridgehead atoms. The van der Waals surface area contributed by atoms with Gasteiger partial charge >= 0.3 is 5.97 Å². The Kier molecular flexibility index (Phi) is 6.26. The second kappa shape index (κ2) is 8.83. The summed E-state index contributed by atoms with van der Waals surface area (Å²) in [6.45, 7) is 3.22. The van der Waals surface area contributed by atoms with E-state index < -0.39 is 5.97 Å². The highest BCUT2D eigenvalue weighted by Gasteiger charge is 2.17. The topological polar surface area (TPSA) is 68.3 Å². The zero-order valence-corrected chi connectivity index (χ0v) is 16.5. The molecule has 0 radical (unpaired) electrons. The van der Waals surface area contributed by atoms with Crippen LogP contribution < -0.4 is 5.32 Å². The standard InChI is InChI=1S/C20H18N2O3S2/c1-13-19(26-14(2)21-13)20(24)25-12-18(23)22-16-10-6-7-11-17(16)27-15-8-4-3-5-9-15/h3-11H,12H2,1-2H3,(H,22,23). The van der Waals surface area contributed by atoms with Crippen molar-refractivity contribution >= 4 is 40.7 Å². The van der Waals surface area contributed by atoms with Gasteiger partial charge in [0, 0.05) is 9.79 Å². The first kappa shape index (κ1) is 19.1. The Balaban J connectivity index is 1.61. The van der Waals surface area contributed by atoms with E-state index in [1.54, 1.807) is 18.7 Å². The van der Waals surface area contributed by atoms with Crippen LogP contribution in [0.4, 0.5) is 5.69 Å². The number of nitrogens with one attached hydrogen (secondary N) is 1. The van der Waals surface area contributed by atoms with E-state index in [4.69, 9.17) is 4.74 Å². The van der Waals surface area contributed by atoms with Gasteiger partial charge in [0.25, 0.3) is 5.91 Å². The molecule has 0 spiro atoms. The van der Waals surface area contributed by atoms with E-state index in [-0.39, 0.29) is 12.5 Å². The minimum absolute atomic E-state index is 0.348. The van der Waals surface area contributed by atoms with E-state index in [1.807, 2.05) is 61.5 Å². The smallest absolute Gasteiger partial charge is 0.350 e. The van der Waals surface area contributed by atoms with E-state index in [0.29, 0.717) is 16.3 Å². The fourth-order valence-corrected chi connectivity index (χ4v) is 4.11. The quantitative estimate of drug-likeness (QED) is 0.609. The van der Waals surface area contributed by atoms with Crippen LogP contribution in [0.5, 0.6) is 0 Å². The van der Waals surface area contributed by atoms with Gasteiger partial charge in [-0.1, -0.05) is 42.1 Å². The number of hydrogen-bond acceptors (Lipinski definition) is 6. The summed E-state index contributed by atoms with van der Waals surface area (Å²) in [5.41, 5.74) is 1.30.